The van der Waals surface area contributed by atoms with Gasteiger partial charge in [0.25, 0.3) is 0 Å². The van der Waals surface area contributed by atoms with Crippen molar-refractivity contribution in [1.29, 1.82) is 0 Å². The summed E-state index contributed by atoms with van der Waals surface area (Å²) in [6.07, 6.45) is 6.30. The molecule has 1 aliphatic carbocycles. The fourth-order valence-electron chi connectivity index (χ4n) is 5.13. The van der Waals surface area contributed by atoms with E-state index in [9.17, 15) is 4.79 Å². The van der Waals surface area contributed by atoms with Crippen molar-refractivity contribution in [2.45, 2.75) is 38.5 Å². The van der Waals surface area contributed by atoms with Crippen LogP contribution in [0.2, 0.25) is 0 Å². The number of nitrogens with zero attached hydrogens (tertiary/aromatic N) is 2. The Morgan fingerprint density at radius 1 is 1.13 bits per heavy atom. The number of thiazole rings is 1. The Morgan fingerprint density at radius 2 is 1.93 bits per heavy atom. The van der Waals surface area contributed by atoms with E-state index < -0.39 is 5.41 Å². The molecule has 0 bridgehead atoms. The number of anilines is 2. The molecule has 2 aromatic carbocycles. The third-order valence-corrected chi connectivity index (χ3v) is 7.35. The number of nitrogens with one attached hydrogen (secondary N) is 1. The lowest BCUT2D eigenvalue weighted by Gasteiger charge is -2.32. The minimum atomic E-state index is -0.560. The monoisotopic (exact) mass is 417 g/mol. The van der Waals surface area contributed by atoms with Crippen LogP contribution in [-0.4, -0.2) is 24.0 Å². The summed E-state index contributed by atoms with van der Waals surface area (Å²) >= 11 is 1.46. The van der Waals surface area contributed by atoms with E-state index in [1.165, 1.54) is 53.0 Å². The molecule has 1 saturated heterocycles. The lowest BCUT2D eigenvalue weighted by Crippen LogP contribution is -2.37. The largest absolute Gasteiger partial charge is 0.372 e. The number of piperidine rings is 1. The van der Waals surface area contributed by atoms with Gasteiger partial charge in [0.15, 0.2) is 5.13 Å². The molecule has 2 unspecified atom stereocenters. The maximum absolute atomic E-state index is 13.5. The molecule has 1 fully saturated rings. The first-order valence-corrected chi connectivity index (χ1v) is 11.7. The van der Waals surface area contributed by atoms with Crippen LogP contribution in [0.4, 0.5) is 10.8 Å². The molecular weight excluding hydrogens is 390 g/mol. The maximum Gasteiger partial charge on any atom is 0.233 e. The van der Waals surface area contributed by atoms with Crippen molar-refractivity contribution in [2.75, 3.05) is 23.3 Å². The standard InChI is InChI=1S/C25H27N3OS/c1-25(23(29)27-24-26-12-15-30-24)17-19-10-11-20(28-13-6-3-7-14-28)16-21(19)22(25)18-8-4-2-5-9-18/h2,4-5,8-12,15-16,22H,3,6-7,13-14,17H2,1H3,(H,26,27,29). The molecule has 2 atom stereocenters. The number of hydrogen-bond acceptors (Lipinski definition) is 4. The van der Waals surface area contributed by atoms with E-state index in [0.29, 0.717) is 5.13 Å². The molecule has 1 N–H and O–H groups in total. The minimum Gasteiger partial charge on any atom is -0.372 e. The van der Waals surface area contributed by atoms with Crippen LogP contribution in [0.5, 0.6) is 0 Å². The number of aromatic nitrogens is 1. The Kier molecular flexibility index (Phi) is 5.07. The number of fused-ring (bicyclic) bond motifs is 1. The summed E-state index contributed by atoms with van der Waals surface area (Å²) in [6, 6.07) is 17.3. The van der Waals surface area contributed by atoms with Crippen LogP contribution in [0.3, 0.4) is 0 Å². The molecule has 0 spiro atoms. The van der Waals surface area contributed by atoms with Crippen LogP contribution in [0.25, 0.3) is 0 Å². The molecule has 4 nitrogen and oxygen atoms in total. The molecule has 2 heterocycles. The van der Waals surface area contributed by atoms with Gasteiger partial charge < -0.3 is 10.2 Å². The van der Waals surface area contributed by atoms with Gasteiger partial charge in [-0.25, -0.2) is 4.98 Å². The number of carbonyl (C=O) groups is 1. The Labute approximate surface area is 182 Å². The van der Waals surface area contributed by atoms with Gasteiger partial charge in [0.1, 0.15) is 0 Å². The molecule has 0 radical (unpaired) electrons. The summed E-state index contributed by atoms with van der Waals surface area (Å²) in [4.78, 5) is 20.3. The van der Waals surface area contributed by atoms with Gasteiger partial charge in [-0.15, -0.1) is 11.3 Å². The van der Waals surface area contributed by atoms with Gasteiger partial charge in [0.2, 0.25) is 5.91 Å². The van der Waals surface area contributed by atoms with Gasteiger partial charge in [-0.3, -0.25) is 4.79 Å². The first-order valence-electron chi connectivity index (χ1n) is 10.8. The molecule has 0 saturated carbocycles. The van der Waals surface area contributed by atoms with Crippen LogP contribution in [0.1, 0.15) is 48.8 Å². The fourth-order valence-corrected chi connectivity index (χ4v) is 5.66. The van der Waals surface area contributed by atoms with E-state index in [4.69, 9.17) is 0 Å². The second-order valence-corrected chi connectivity index (χ2v) is 9.55. The molecule has 2 aliphatic rings. The van der Waals surface area contributed by atoms with Gasteiger partial charge in [-0.2, -0.15) is 0 Å². The topological polar surface area (TPSA) is 45.2 Å². The van der Waals surface area contributed by atoms with Crippen molar-refractivity contribution in [3.05, 3.63) is 76.8 Å². The van der Waals surface area contributed by atoms with Crippen molar-refractivity contribution < 1.29 is 4.79 Å². The average molecular weight is 418 g/mol. The van der Waals surface area contributed by atoms with Gasteiger partial charge in [0.05, 0.1) is 5.41 Å². The van der Waals surface area contributed by atoms with Crippen LogP contribution in [0.15, 0.2) is 60.1 Å². The minimum absolute atomic E-state index is 0.0263. The summed E-state index contributed by atoms with van der Waals surface area (Å²) in [6.45, 7) is 4.35. The first kappa shape index (κ1) is 19.3. The summed E-state index contributed by atoms with van der Waals surface area (Å²) < 4.78 is 0. The Hall–Kier alpha value is -2.66. The number of hydrogen-bond donors (Lipinski definition) is 1. The predicted molar refractivity (Wildman–Crippen MR) is 123 cm³/mol. The summed E-state index contributed by atoms with van der Waals surface area (Å²) in [7, 11) is 0. The zero-order valence-electron chi connectivity index (χ0n) is 17.3. The molecule has 1 aromatic heterocycles. The Morgan fingerprint density at radius 3 is 2.67 bits per heavy atom. The second-order valence-electron chi connectivity index (χ2n) is 8.66. The second kappa shape index (κ2) is 7.88. The highest BCUT2D eigenvalue weighted by atomic mass is 32.1. The number of rotatable bonds is 4. The highest BCUT2D eigenvalue weighted by molar-refractivity contribution is 7.13. The molecule has 154 valence electrons. The number of amides is 1. The van der Waals surface area contributed by atoms with Crippen molar-refractivity contribution >= 4 is 28.1 Å². The molecule has 3 aromatic rings. The van der Waals surface area contributed by atoms with E-state index in [1.807, 2.05) is 11.4 Å². The van der Waals surface area contributed by atoms with Gasteiger partial charge in [-0.05, 0) is 61.4 Å². The highest BCUT2D eigenvalue weighted by Crippen LogP contribution is 2.52. The lowest BCUT2D eigenvalue weighted by atomic mass is 9.73. The third-order valence-electron chi connectivity index (χ3n) is 6.66. The normalized spacial score (nSPS) is 23.2. The fraction of sp³-hybridized carbons (Fsp3) is 0.360. The van der Waals surface area contributed by atoms with Crippen LogP contribution >= 0.6 is 11.3 Å². The summed E-state index contributed by atoms with van der Waals surface area (Å²) in [5.41, 5.74) is 4.50. The van der Waals surface area contributed by atoms with Crippen molar-refractivity contribution in [3.63, 3.8) is 0 Å². The SMILES string of the molecule is CC1(C(=O)Nc2nccs2)Cc2ccc(N3CCCCC3)cc2C1c1ccccc1. The van der Waals surface area contributed by atoms with Crippen LogP contribution < -0.4 is 10.2 Å². The van der Waals surface area contributed by atoms with E-state index in [2.05, 4.69) is 64.6 Å². The molecule has 5 heteroatoms. The van der Waals surface area contributed by atoms with E-state index in [-0.39, 0.29) is 11.8 Å². The molecule has 30 heavy (non-hydrogen) atoms. The van der Waals surface area contributed by atoms with Crippen LogP contribution in [-0.2, 0) is 11.2 Å². The maximum atomic E-state index is 13.5. The van der Waals surface area contributed by atoms with Crippen molar-refractivity contribution in [2.24, 2.45) is 5.41 Å². The van der Waals surface area contributed by atoms with Gasteiger partial charge in [0, 0.05) is 36.3 Å². The van der Waals surface area contributed by atoms with Gasteiger partial charge in [-0.1, -0.05) is 36.4 Å². The predicted octanol–water partition coefficient (Wildman–Crippen LogP) is 5.47. The Balaban J connectivity index is 1.55. The van der Waals surface area contributed by atoms with Crippen LogP contribution in [0, 0.1) is 5.41 Å². The van der Waals surface area contributed by atoms with E-state index >= 15 is 0 Å². The number of benzene rings is 2. The Bertz CT molecular complexity index is 1030. The lowest BCUT2D eigenvalue weighted by molar-refractivity contribution is -0.125. The van der Waals surface area contributed by atoms with Gasteiger partial charge >= 0.3 is 0 Å². The molecular formula is C25H27N3OS. The van der Waals surface area contributed by atoms with Crippen molar-refractivity contribution in [1.82, 2.24) is 4.98 Å². The van der Waals surface area contributed by atoms with E-state index in [0.717, 1.165) is 19.5 Å². The van der Waals surface area contributed by atoms with Crippen molar-refractivity contribution in [3.8, 4) is 0 Å². The van der Waals surface area contributed by atoms with E-state index in [1.54, 1.807) is 6.20 Å². The third kappa shape index (κ3) is 3.41. The molecule has 5 rings (SSSR count). The zero-order chi connectivity index (χ0) is 20.6. The summed E-state index contributed by atoms with van der Waals surface area (Å²) in [5.74, 6) is 0.0698. The number of carbonyl (C=O) groups excluding carboxylic acids is 1. The smallest absolute Gasteiger partial charge is 0.233 e. The molecule has 1 aliphatic heterocycles. The first-order chi connectivity index (χ1) is 14.6. The summed E-state index contributed by atoms with van der Waals surface area (Å²) in [5, 5.41) is 5.63. The average Bonchev–Trinajstić information content (AvgIpc) is 3.40. The quantitative estimate of drug-likeness (QED) is 0.612. The molecule has 1 amide bonds. The zero-order valence-corrected chi connectivity index (χ0v) is 18.1. The highest BCUT2D eigenvalue weighted by Gasteiger charge is 2.49.